The molecule has 0 aliphatic rings. The van der Waals surface area contributed by atoms with E-state index in [1.54, 1.807) is 22.0 Å². The van der Waals surface area contributed by atoms with E-state index < -0.39 is 0 Å². The molecule has 2 rings (SSSR count). The first-order valence-electron chi connectivity index (χ1n) is 5.56. The molecule has 2 aromatic rings. The number of aromatic nitrogens is 2. The molecule has 1 atom stereocenters. The van der Waals surface area contributed by atoms with Gasteiger partial charge in [-0.15, -0.1) is 11.3 Å². The molecular formula is C12H15N3OS. The van der Waals surface area contributed by atoms with Crippen LogP contribution in [0.3, 0.4) is 0 Å². The zero-order chi connectivity index (χ0) is 12.3. The molecule has 90 valence electrons. The molecule has 0 fully saturated rings. The number of thiazole rings is 1. The van der Waals surface area contributed by atoms with Gasteiger partial charge in [0.25, 0.3) is 5.56 Å². The Labute approximate surface area is 104 Å². The summed E-state index contributed by atoms with van der Waals surface area (Å²) >= 11 is 1.62. The molecule has 17 heavy (non-hydrogen) atoms. The van der Waals surface area contributed by atoms with Gasteiger partial charge in [0.05, 0.1) is 17.2 Å². The minimum Gasteiger partial charge on any atom is -0.376 e. The molecule has 4 nitrogen and oxygen atoms in total. The van der Waals surface area contributed by atoms with E-state index in [0.717, 1.165) is 5.69 Å². The Balaban J connectivity index is 2.16. The Hall–Kier alpha value is -1.62. The maximum Gasteiger partial charge on any atom is 0.250 e. The number of anilines is 1. The lowest BCUT2D eigenvalue weighted by molar-refractivity contribution is 0.725. The van der Waals surface area contributed by atoms with E-state index in [1.165, 1.54) is 4.88 Å². The lowest BCUT2D eigenvalue weighted by Gasteiger charge is -2.14. The van der Waals surface area contributed by atoms with Gasteiger partial charge in [0, 0.05) is 29.9 Å². The summed E-state index contributed by atoms with van der Waals surface area (Å²) in [6.07, 6.45) is 3.71. The highest BCUT2D eigenvalue weighted by molar-refractivity contribution is 7.09. The molecule has 2 aromatic heterocycles. The fourth-order valence-corrected chi connectivity index (χ4v) is 2.25. The van der Waals surface area contributed by atoms with Crippen LogP contribution in [-0.4, -0.2) is 9.55 Å². The van der Waals surface area contributed by atoms with E-state index in [1.807, 2.05) is 30.9 Å². The molecule has 0 radical (unpaired) electrons. The van der Waals surface area contributed by atoms with Crippen molar-refractivity contribution in [2.45, 2.75) is 26.4 Å². The van der Waals surface area contributed by atoms with Crippen molar-refractivity contribution < 1.29 is 0 Å². The molecule has 0 saturated heterocycles. The zero-order valence-electron chi connectivity index (χ0n) is 9.88. The highest BCUT2D eigenvalue weighted by atomic mass is 32.1. The standard InChI is InChI=1S/C12H15N3OS/c1-3-15-7-10(4-5-12(15)16)14-9(2)11-6-13-8-17-11/h4-9,14H,3H2,1-2H3. The van der Waals surface area contributed by atoms with Crippen LogP contribution < -0.4 is 10.9 Å². The molecule has 1 N–H and O–H groups in total. The Morgan fingerprint density at radius 1 is 1.53 bits per heavy atom. The second kappa shape index (κ2) is 5.14. The third-order valence-corrected chi connectivity index (χ3v) is 3.54. The van der Waals surface area contributed by atoms with Crippen molar-refractivity contribution in [2.24, 2.45) is 0 Å². The highest BCUT2D eigenvalue weighted by Gasteiger charge is 2.07. The Bertz CT molecular complexity index is 533. The number of nitrogens with one attached hydrogen (secondary N) is 1. The van der Waals surface area contributed by atoms with Gasteiger partial charge in [0.1, 0.15) is 0 Å². The van der Waals surface area contributed by atoms with Gasteiger partial charge in [0.2, 0.25) is 0 Å². The summed E-state index contributed by atoms with van der Waals surface area (Å²) in [5, 5.41) is 3.36. The molecule has 0 aromatic carbocycles. The first-order valence-corrected chi connectivity index (χ1v) is 6.44. The molecule has 5 heteroatoms. The normalized spacial score (nSPS) is 12.4. The van der Waals surface area contributed by atoms with Gasteiger partial charge in [-0.2, -0.15) is 0 Å². The van der Waals surface area contributed by atoms with E-state index in [2.05, 4.69) is 17.2 Å². The summed E-state index contributed by atoms with van der Waals surface area (Å²) < 4.78 is 1.68. The monoisotopic (exact) mass is 249 g/mol. The molecule has 0 spiro atoms. The van der Waals surface area contributed by atoms with E-state index in [9.17, 15) is 4.79 Å². The molecule has 0 aliphatic carbocycles. The topological polar surface area (TPSA) is 46.9 Å². The van der Waals surface area contributed by atoms with Gasteiger partial charge in [-0.3, -0.25) is 9.78 Å². The van der Waals surface area contributed by atoms with Crippen molar-refractivity contribution in [3.8, 4) is 0 Å². The average molecular weight is 249 g/mol. The summed E-state index contributed by atoms with van der Waals surface area (Å²) in [7, 11) is 0. The second-order valence-electron chi connectivity index (χ2n) is 3.81. The van der Waals surface area contributed by atoms with Crippen LogP contribution in [0.15, 0.2) is 34.8 Å². The van der Waals surface area contributed by atoms with Gasteiger partial charge in [-0.05, 0) is 19.9 Å². The maximum atomic E-state index is 11.4. The van der Waals surface area contributed by atoms with E-state index >= 15 is 0 Å². The predicted octanol–water partition coefficient (Wildman–Crippen LogP) is 2.50. The Morgan fingerprint density at radius 2 is 2.35 bits per heavy atom. The van der Waals surface area contributed by atoms with Gasteiger partial charge in [0.15, 0.2) is 0 Å². The Kier molecular flexibility index (Phi) is 3.58. The smallest absolute Gasteiger partial charge is 0.250 e. The molecule has 0 amide bonds. The van der Waals surface area contributed by atoms with Gasteiger partial charge >= 0.3 is 0 Å². The first kappa shape index (κ1) is 11.9. The number of pyridine rings is 1. The third-order valence-electron chi connectivity index (χ3n) is 2.59. The predicted molar refractivity (Wildman–Crippen MR) is 70.5 cm³/mol. The number of hydrogen-bond donors (Lipinski definition) is 1. The molecule has 0 saturated carbocycles. The van der Waals surface area contributed by atoms with Gasteiger partial charge in [-0.25, -0.2) is 0 Å². The highest BCUT2D eigenvalue weighted by Crippen LogP contribution is 2.20. The van der Waals surface area contributed by atoms with Gasteiger partial charge < -0.3 is 9.88 Å². The van der Waals surface area contributed by atoms with Crippen molar-refractivity contribution in [3.63, 3.8) is 0 Å². The largest absolute Gasteiger partial charge is 0.376 e. The summed E-state index contributed by atoms with van der Waals surface area (Å²) in [5.41, 5.74) is 2.80. The fourth-order valence-electron chi connectivity index (χ4n) is 1.62. The number of aryl methyl sites for hydroxylation is 1. The minimum atomic E-state index is 0.0310. The van der Waals surface area contributed by atoms with Crippen LogP contribution in [0.4, 0.5) is 5.69 Å². The molecule has 0 bridgehead atoms. The van der Waals surface area contributed by atoms with Crippen LogP contribution in [0.2, 0.25) is 0 Å². The summed E-state index contributed by atoms with van der Waals surface area (Å²) in [4.78, 5) is 16.7. The van der Waals surface area contributed by atoms with Crippen LogP contribution in [0.1, 0.15) is 24.8 Å². The lowest BCUT2D eigenvalue weighted by atomic mass is 10.3. The number of nitrogens with zero attached hydrogens (tertiary/aromatic N) is 2. The quantitative estimate of drug-likeness (QED) is 0.905. The van der Waals surface area contributed by atoms with Crippen molar-refractivity contribution in [2.75, 3.05) is 5.32 Å². The van der Waals surface area contributed by atoms with Crippen molar-refractivity contribution in [1.82, 2.24) is 9.55 Å². The summed E-state index contributed by atoms with van der Waals surface area (Å²) in [5.74, 6) is 0. The number of rotatable bonds is 4. The third kappa shape index (κ3) is 2.74. The van der Waals surface area contributed by atoms with E-state index in [-0.39, 0.29) is 11.6 Å². The van der Waals surface area contributed by atoms with Crippen molar-refractivity contribution in [3.05, 3.63) is 45.3 Å². The molecule has 2 heterocycles. The van der Waals surface area contributed by atoms with Crippen LogP contribution >= 0.6 is 11.3 Å². The minimum absolute atomic E-state index is 0.0310. The van der Waals surface area contributed by atoms with Crippen LogP contribution in [0.25, 0.3) is 0 Å². The maximum absolute atomic E-state index is 11.4. The Morgan fingerprint density at radius 3 is 3.00 bits per heavy atom. The van der Waals surface area contributed by atoms with Crippen LogP contribution in [0.5, 0.6) is 0 Å². The average Bonchev–Trinajstić information content (AvgIpc) is 2.85. The van der Waals surface area contributed by atoms with Crippen LogP contribution in [0, 0.1) is 0 Å². The summed E-state index contributed by atoms with van der Waals surface area (Å²) in [6.45, 7) is 4.72. The van der Waals surface area contributed by atoms with Crippen molar-refractivity contribution >= 4 is 17.0 Å². The number of hydrogen-bond acceptors (Lipinski definition) is 4. The SMILES string of the molecule is CCn1cc(NC(C)c2cncs2)ccc1=O. The fraction of sp³-hybridized carbons (Fsp3) is 0.333. The molecule has 0 aliphatic heterocycles. The zero-order valence-corrected chi connectivity index (χ0v) is 10.7. The molecular weight excluding hydrogens is 234 g/mol. The lowest BCUT2D eigenvalue weighted by Crippen LogP contribution is -2.18. The van der Waals surface area contributed by atoms with E-state index in [0.29, 0.717) is 6.54 Å². The second-order valence-corrected chi connectivity index (χ2v) is 4.73. The summed E-state index contributed by atoms with van der Waals surface area (Å²) in [6, 6.07) is 3.60. The first-order chi connectivity index (χ1) is 8.20. The van der Waals surface area contributed by atoms with E-state index in [4.69, 9.17) is 0 Å². The van der Waals surface area contributed by atoms with Crippen molar-refractivity contribution in [1.29, 1.82) is 0 Å². The van der Waals surface area contributed by atoms with Gasteiger partial charge in [-0.1, -0.05) is 0 Å². The van der Waals surface area contributed by atoms with Crippen LogP contribution in [-0.2, 0) is 6.54 Å². The molecule has 1 unspecified atom stereocenters.